The van der Waals surface area contributed by atoms with Gasteiger partial charge in [-0.3, -0.25) is 15.5 Å². The van der Waals surface area contributed by atoms with E-state index in [0.717, 1.165) is 5.56 Å². The fourth-order valence-electron chi connectivity index (χ4n) is 2.25. The molecule has 0 unspecified atom stereocenters. The molecule has 1 amide bonds. The first-order valence-corrected chi connectivity index (χ1v) is 7.96. The van der Waals surface area contributed by atoms with Crippen molar-refractivity contribution in [3.63, 3.8) is 0 Å². The Labute approximate surface area is 141 Å². The lowest BCUT2D eigenvalue weighted by molar-refractivity contribution is 0.102. The van der Waals surface area contributed by atoms with Crippen molar-refractivity contribution in [2.75, 3.05) is 10.8 Å². The summed E-state index contributed by atoms with van der Waals surface area (Å²) in [4.78, 5) is 25.4. The van der Waals surface area contributed by atoms with Crippen molar-refractivity contribution in [2.24, 2.45) is 0 Å². The van der Waals surface area contributed by atoms with Crippen LogP contribution in [0.25, 0.3) is 10.6 Å². The Bertz CT molecular complexity index is 932. The molecule has 3 N–H and O–H groups in total. The van der Waals surface area contributed by atoms with Crippen LogP contribution in [0.1, 0.15) is 15.9 Å². The Hall–Kier alpha value is -2.90. The molecule has 0 aliphatic carbocycles. The van der Waals surface area contributed by atoms with Crippen molar-refractivity contribution >= 4 is 28.6 Å². The van der Waals surface area contributed by atoms with Crippen molar-refractivity contribution in [2.45, 2.75) is 6.92 Å². The lowest BCUT2D eigenvalue weighted by atomic mass is 10.2. The van der Waals surface area contributed by atoms with Gasteiger partial charge in [0.25, 0.3) is 5.91 Å². The molecule has 0 aliphatic rings. The van der Waals surface area contributed by atoms with Gasteiger partial charge in [0.2, 0.25) is 0 Å². The maximum absolute atomic E-state index is 12.4. The third-order valence-electron chi connectivity index (χ3n) is 3.34. The van der Waals surface area contributed by atoms with Crippen LogP contribution in [-0.4, -0.2) is 11.1 Å². The predicted molar refractivity (Wildman–Crippen MR) is 92.8 cm³/mol. The molecule has 3 rings (SSSR count). The lowest BCUT2D eigenvalue weighted by Crippen LogP contribution is -2.23. The summed E-state index contributed by atoms with van der Waals surface area (Å²) < 4.78 is 5.22. The number of thiophene rings is 1. The van der Waals surface area contributed by atoms with Gasteiger partial charge in [0, 0.05) is 11.8 Å². The number of carbonyl (C=O) groups excluding carboxylic acids is 1. The van der Waals surface area contributed by atoms with E-state index in [0.29, 0.717) is 10.6 Å². The minimum Gasteiger partial charge on any atom is -0.421 e. The zero-order chi connectivity index (χ0) is 17.1. The standard InChI is InChI=1S/C17H14N2O4S/c1-10-4-2-5-11(8-10)18-16(20)15-12(19-22)9-13(23-17(15)21)14-6-3-7-24-14/h2-9,19,22H,1H3,(H,18,20). The normalized spacial score (nSPS) is 10.4. The molecule has 3 aromatic rings. The third kappa shape index (κ3) is 3.22. The number of amides is 1. The highest BCUT2D eigenvalue weighted by Crippen LogP contribution is 2.27. The molecule has 0 bridgehead atoms. The Kier molecular flexibility index (Phi) is 4.45. The van der Waals surface area contributed by atoms with Crippen LogP contribution < -0.4 is 16.4 Å². The SMILES string of the molecule is Cc1cccc(NC(=O)c2c(NO)cc(-c3cccs3)oc2=O)c1. The summed E-state index contributed by atoms with van der Waals surface area (Å²) in [6.07, 6.45) is 0. The van der Waals surface area contributed by atoms with E-state index >= 15 is 0 Å². The largest absolute Gasteiger partial charge is 0.421 e. The molecule has 122 valence electrons. The van der Waals surface area contributed by atoms with Crippen LogP contribution in [0.15, 0.2) is 57.1 Å². The van der Waals surface area contributed by atoms with E-state index in [-0.39, 0.29) is 17.0 Å². The minimum absolute atomic E-state index is 0.0141. The van der Waals surface area contributed by atoms with E-state index in [1.165, 1.54) is 17.4 Å². The van der Waals surface area contributed by atoms with Crippen molar-refractivity contribution in [1.82, 2.24) is 0 Å². The molecule has 6 nitrogen and oxygen atoms in total. The molecule has 0 saturated carbocycles. The number of rotatable bonds is 4. The number of benzene rings is 1. The average molecular weight is 342 g/mol. The molecule has 0 radical (unpaired) electrons. The molecule has 0 aliphatic heterocycles. The highest BCUT2D eigenvalue weighted by atomic mass is 32.1. The smallest absolute Gasteiger partial charge is 0.351 e. The van der Waals surface area contributed by atoms with Crippen LogP contribution in [0.4, 0.5) is 11.4 Å². The van der Waals surface area contributed by atoms with Crippen LogP contribution in [0, 0.1) is 6.92 Å². The van der Waals surface area contributed by atoms with Gasteiger partial charge in [-0.1, -0.05) is 18.2 Å². The van der Waals surface area contributed by atoms with Gasteiger partial charge in [0.15, 0.2) is 11.3 Å². The number of nitrogens with one attached hydrogen (secondary N) is 2. The van der Waals surface area contributed by atoms with Gasteiger partial charge in [0.1, 0.15) is 0 Å². The van der Waals surface area contributed by atoms with Crippen LogP contribution >= 0.6 is 11.3 Å². The topological polar surface area (TPSA) is 91.6 Å². The third-order valence-corrected chi connectivity index (χ3v) is 4.22. The first-order chi connectivity index (χ1) is 11.6. The van der Waals surface area contributed by atoms with Crippen LogP contribution in [0.3, 0.4) is 0 Å². The van der Waals surface area contributed by atoms with E-state index < -0.39 is 11.5 Å². The summed E-state index contributed by atoms with van der Waals surface area (Å²) in [6.45, 7) is 1.89. The van der Waals surface area contributed by atoms with Crippen molar-refractivity contribution in [3.05, 3.63) is 69.4 Å². The van der Waals surface area contributed by atoms with Gasteiger partial charge < -0.3 is 9.73 Å². The molecule has 0 spiro atoms. The summed E-state index contributed by atoms with van der Waals surface area (Å²) in [5.41, 5.74) is 2.28. The second-order valence-corrected chi connectivity index (χ2v) is 6.05. The minimum atomic E-state index is -0.831. The number of hydrogen-bond acceptors (Lipinski definition) is 6. The summed E-state index contributed by atoms with van der Waals surface area (Å²) in [5, 5.41) is 13.8. The van der Waals surface area contributed by atoms with Crippen LogP contribution in [0.2, 0.25) is 0 Å². The Morgan fingerprint density at radius 2 is 2.04 bits per heavy atom. The molecule has 2 heterocycles. The van der Waals surface area contributed by atoms with Gasteiger partial charge in [-0.25, -0.2) is 4.79 Å². The molecule has 0 saturated heterocycles. The average Bonchev–Trinajstić information content (AvgIpc) is 3.08. The molecule has 7 heteroatoms. The molecular formula is C17H14N2O4S. The lowest BCUT2D eigenvalue weighted by Gasteiger charge is -2.09. The monoisotopic (exact) mass is 342 g/mol. The van der Waals surface area contributed by atoms with E-state index in [2.05, 4.69) is 5.32 Å². The zero-order valence-corrected chi connectivity index (χ0v) is 13.5. The summed E-state index contributed by atoms with van der Waals surface area (Å²) in [7, 11) is 0. The number of hydrogen-bond donors (Lipinski definition) is 3. The molecule has 0 fully saturated rings. The number of anilines is 2. The van der Waals surface area contributed by atoms with E-state index in [4.69, 9.17) is 4.42 Å². The van der Waals surface area contributed by atoms with Gasteiger partial charge in [-0.05, 0) is 36.1 Å². The van der Waals surface area contributed by atoms with E-state index in [9.17, 15) is 14.8 Å². The molecule has 2 aromatic heterocycles. The Morgan fingerprint density at radius 1 is 1.21 bits per heavy atom. The summed E-state index contributed by atoms with van der Waals surface area (Å²) in [5.74, 6) is -0.387. The number of aryl methyl sites for hydroxylation is 1. The second-order valence-electron chi connectivity index (χ2n) is 5.10. The van der Waals surface area contributed by atoms with E-state index in [1.54, 1.807) is 24.3 Å². The first kappa shape index (κ1) is 16.0. The predicted octanol–water partition coefficient (Wildman–Crippen LogP) is 3.73. The summed E-state index contributed by atoms with van der Waals surface area (Å²) >= 11 is 1.38. The van der Waals surface area contributed by atoms with Crippen LogP contribution in [0.5, 0.6) is 0 Å². The van der Waals surface area contributed by atoms with Gasteiger partial charge in [-0.15, -0.1) is 11.3 Å². The van der Waals surface area contributed by atoms with E-state index in [1.807, 2.05) is 29.9 Å². The molecule has 1 aromatic carbocycles. The first-order valence-electron chi connectivity index (χ1n) is 7.08. The Morgan fingerprint density at radius 3 is 2.71 bits per heavy atom. The van der Waals surface area contributed by atoms with Gasteiger partial charge in [-0.2, -0.15) is 0 Å². The molecule has 24 heavy (non-hydrogen) atoms. The van der Waals surface area contributed by atoms with Crippen molar-refractivity contribution in [1.29, 1.82) is 0 Å². The second kappa shape index (κ2) is 6.69. The van der Waals surface area contributed by atoms with Crippen LogP contribution in [-0.2, 0) is 0 Å². The fourth-order valence-corrected chi connectivity index (χ4v) is 2.93. The Balaban J connectivity index is 1.98. The fraction of sp³-hybridized carbons (Fsp3) is 0.0588. The molecular weight excluding hydrogens is 328 g/mol. The van der Waals surface area contributed by atoms with Crippen molar-refractivity contribution in [3.8, 4) is 10.6 Å². The highest BCUT2D eigenvalue weighted by molar-refractivity contribution is 7.13. The maximum atomic E-state index is 12.4. The van der Waals surface area contributed by atoms with Crippen molar-refractivity contribution < 1.29 is 14.4 Å². The highest BCUT2D eigenvalue weighted by Gasteiger charge is 2.20. The maximum Gasteiger partial charge on any atom is 0.351 e. The summed E-state index contributed by atoms with van der Waals surface area (Å²) in [6, 6.07) is 12.2. The quantitative estimate of drug-likeness (QED) is 0.628. The number of carbonyl (C=O) groups is 1. The van der Waals surface area contributed by atoms with Gasteiger partial charge in [0.05, 0.1) is 10.6 Å². The van der Waals surface area contributed by atoms with Gasteiger partial charge >= 0.3 is 5.63 Å². The molecule has 0 atom stereocenters. The zero-order valence-electron chi connectivity index (χ0n) is 12.7.